The van der Waals surface area contributed by atoms with Crippen LogP contribution < -0.4 is 0 Å². The lowest BCUT2D eigenvalue weighted by Crippen LogP contribution is -2.04. The Morgan fingerprint density at radius 3 is 2.63 bits per heavy atom. The van der Waals surface area contributed by atoms with E-state index in [1.807, 2.05) is 19.1 Å². The lowest BCUT2D eigenvalue weighted by atomic mass is 10.0. The molecule has 144 valence electrons. The highest BCUT2D eigenvalue weighted by Crippen LogP contribution is 2.34. The molecule has 1 N–H and O–H groups in total. The normalized spacial score (nSPS) is 11.9. The summed E-state index contributed by atoms with van der Waals surface area (Å²) < 4.78 is 38.5. The Balaban J connectivity index is 1.88. The molecule has 0 aromatic carbocycles. The molecule has 0 bridgehead atoms. The Morgan fingerprint density at radius 2 is 1.93 bits per heavy atom. The van der Waals surface area contributed by atoms with Crippen LogP contribution in [0.15, 0.2) is 29.6 Å². The maximum absolute atomic E-state index is 12.8. The summed E-state index contributed by atoms with van der Waals surface area (Å²) in [6, 6.07) is 6.96. The van der Waals surface area contributed by atoms with Crippen molar-refractivity contribution in [2.45, 2.75) is 52.1 Å². The molecular weight excluding hydrogens is 371 g/mol. The minimum Gasteiger partial charge on any atom is -0.276 e. The number of unbranched alkanes of at least 4 members (excludes halogenated alkanes) is 3. The van der Waals surface area contributed by atoms with Crippen LogP contribution in [0.2, 0.25) is 0 Å². The number of nitrogens with one attached hydrogen (secondary N) is 1. The van der Waals surface area contributed by atoms with Gasteiger partial charge < -0.3 is 0 Å². The second kappa shape index (κ2) is 8.25. The van der Waals surface area contributed by atoms with Crippen LogP contribution in [0, 0.1) is 6.92 Å². The van der Waals surface area contributed by atoms with E-state index < -0.39 is 11.9 Å². The van der Waals surface area contributed by atoms with Gasteiger partial charge >= 0.3 is 6.18 Å². The predicted molar refractivity (Wildman–Crippen MR) is 103 cm³/mol. The first-order valence-electron chi connectivity index (χ1n) is 9.07. The van der Waals surface area contributed by atoms with E-state index in [9.17, 15) is 13.2 Å². The van der Waals surface area contributed by atoms with Crippen LogP contribution in [0.5, 0.6) is 0 Å². The number of pyridine rings is 1. The number of rotatable bonds is 7. The minimum atomic E-state index is -4.47. The fourth-order valence-corrected chi connectivity index (χ4v) is 4.01. The summed E-state index contributed by atoms with van der Waals surface area (Å²) in [4.78, 5) is 5.55. The number of aromatic amines is 1. The van der Waals surface area contributed by atoms with Crippen LogP contribution in [0.25, 0.3) is 21.8 Å². The zero-order valence-corrected chi connectivity index (χ0v) is 16.2. The molecule has 3 rings (SSSR count). The van der Waals surface area contributed by atoms with E-state index in [0.717, 1.165) is 35.0 Å². The van der Waals surface area contributed by atoms with Gasteiger partial charge in [-0.1, -0.05) is 26.2 Å². The van der Waals surface area contributed by atoms with Crippen LogP contribution in [0.3, 0.4) is 0 Å². The van der Waals surface area contributed by atoms with Crippen LogP contribution >= 0.6 is 11.3 Å². The van der Waals surface area contributed by atoms with Crippen LogP contribution in [0.1, 0.15) is 49.6 Å². The molecule has 3 aromatic heterocycles. The molecule has 0 radical (unpaired) electrons. The highest BCUT2D eigenvalue weighted by molar-refractivity contribution is 7.13. The van der Waals surface area contributed by atoms with Crippen LogP contribution in [-0.2, 0) is 12.6 Å². The second-order valence-corrected chi connectivity index (χ2v) is 7.55. The number of nitrogens with zero attached hydrogens (tertiary/aromatic N) is 2. The average molecular weight is 393 g/mol. The van der Waals surface area contributed by atoms with Gasteiger partial charge in [0.1, 0.15) is 0 Å². The lowest BCUT2D eigenvalue weighted by Gasteiger charge is -2.08. The summed E-state index contributed by atoms with van der Waals surface area (Å²) in [5, 5.41) is 7.90. The number of H-pyrrole nitrogens is 1. The Bertz CT molecular complexity index is 896. The minimum absolute atomic E-state index is 0.272. The molecule has 7 heteroatoms. The topological polar surface area (TPSA) is 41.6 Å². The number of aromatic nitrogens is 3. The van der Waals surface area contributed by atoms with Gasteiger partial charge in [-0.3, -0.25) is 10.1 Å². The van der Waals surface area contributed by atoms with Gasteiger partial charge in [-0.15, -0.1) is 11.3 Å². The molecule has 0 atom stereocenters. The first kappa shape index (κ1) is 19.6. The number of hydrogen-bond donors (Lipinski definition) is 1. The number of aryl methyl sites for hydroxylation is 2. The maximum atomic E-state index is 12.8. The molecule has 0 spiro atoms. The van der Waals surface area contributed by atoms with Gasteiger partial charge in [0.05, 0.1) is 11.4 Å². The molecule has 0 saturated carbocycles. The van der Waals surface area contributed by atoms with Crippen molar-refractivity contribution in [2.24, 2.45) is 0 Å². The number of halogens is 3. The van der Waals surface area contributed by atoms with Crippen LogP contribution in [-0.4, -0.2) is 15.2 Å². The molecule has 27 heavy (non-hydrogen) atoms. The van der Waals surface area contributed by atoms with Crippen molar-refractivity contribution >= 4 is 11.3 Å². The molecule has 0 aliphatic heterocycles. The third kappa shape index (κ3) is 4.77. The lowest BCUT2D eigenvalue weighted by molar-refractivity contribution is -0.141. The Labute approximate surface area is 160 Å². The summed E-state index contributed by atoms with van der Waals surface area (Å²) in [5.41, 5.74) is 2.84. The van der Waals surface area contributed by atoms with E-state index in [1.54, 1.807) is 11.3 Å². The molecule has 0 unspecified atom stereocenters. The Kier molecular flexibility index (Phi) is 5.99. The molecule has 0 aliphatic rings. The molecule has 3 nitrogen and oxygen atoms in total. The van der Waals surface area contributed by atoms with Crippen LogP contribution in [0.4, 0.5) is 13.2 Å². The van der Waals surface area contributed by atoms with E-state index >= 15 is 0 Å². The van der Waals surface area contributed by atoms with Crippen molar-refractivity contribution in [1.82, 2.24) is 15.2 Å². The Morgan fingerprint density at radius 1 is 1.11 bits per heavy atom. The molecule has 0 amide bonds. The molecule has 3 aromatic rings. The first-order valence-corrected chi connectivity index (χ1v) is 9.95. The van der Waals surface area contributed by atoms with E-state index in [4.69, 9.17) is 0 Å². The van der Waals surface area contributed by atoms with Crippen molar-refractivity contribution < 1.29 is 13.2 Å². The number of hydrogen-bond acceptors (Lipinski definition) is 3. The quantitative estimate of drug-likeness (QED) is 0.457. The van der Waals surface area contributed by atoms with E-state index in [-0.39, 0.29) is 5.69 Å². The number of alkyl halides is 3. The van der Waals surface area contributed by atoms with Gasteiger partial charge in [0.2, 0.25) is 0 Å². The second-order valence-electron chi connectivity index (χ2n) is 6.63. The zero-order valence-electron chi connectivity index (χ0n) is 15.4. The van der Waals surface area contributed by atoms with Crippen molar-refractivity contribution in [2.75, 3.05) is 0 Å². The smallest absolute Gasteiger partial charge is 0.276 e. The van der Waals surface area contributed by atoms with Crippen molar-refractivity contribution in [1.29, 1.82) is 0 Å². The summed E-state index contributed by atoms with van der Waals surface area (Å²) >= 11 is 1.65. The van der Waals surface area contributed by atoms with Gasteiger partial charge in [-0.2, -0.15) is 18.3 Å². The molecule has 0 aliphatic carbocycles. The highest BCUT2D eigenvalue weighted by atomic mass is 32.1. The van der Waals surface area contributed by atoms with Gasteiger partial charge in [0.15, 0.2) is 5.69 Å². The fraction of sp³-hybridized carbons (Fsp3) is 0.400. The predicted octanol–water partition coefficient (Wildman–Crippen LogP) is 6.65. The first-order chi connectivity index (χ1) is 12.9. The van der Waals surface area contributed by atoms with E-state index in [1.165, 1.54) is 24.8 Å². The Hall–Kier alpha value is -2.15. The van der Waals surface area contributed by atoms with Gasteiger partial charge in [-0.25, -0.2) is 0 Å². The zero-order chi connectivity index (χ0) is 19.4. The standard InChI is InChI=1S/C20H22F3N3S/c1-3-4-5-6-7-14-8-9-27-19(14)15-10-13(2)24-16(11-15)17-12-18(26-25-17)20(21,22)23/h8-12H,3-7H2,1-2H3,(H,25,26). The van der Waals surface area contributed by atoms with E-state index in [0.29, 0.717) is 5.69 Å². The summed E-state index contributed by atoms with van der Waals surface area (Å²) in [7, 11) is 0. The largest absolute Gasteiger partial charge is 0.435 e. The summed E-state index contributed by atoms with van der Waals surface area (Å²) in [6.45, 7) is 4.04. The number of thiophene rings is 1. The maximum Gasteiger partial charge on any atom is 0.435 e. The SMILES string of the molecule is CCCCCCc1ccsc1-c1cc(C)nc(-c2cc(C(F)(F)F)n[nH]2)c1. The third-order valence-corrected chi connectivity index (χ3v) is 5.41. The summed E-state index contributed by atoms with van der Waals surface area (Å²) in [5.74, 6) is 0. The van der Waals surface area contributed by atoms with Gasteiger partial charge in [0.25, 0.3) is 0 Å². The average Bonchev–Trinajstić information content (AvgIpc) is 3.27. The fourth-order valence-electron chi connectivity index (χ4n) is 3.06. The van der Waals surface area contributed by atoms with Gasteiger partial charge in [0, 0.05) is 10.6 Å². The monoisotopic (exact) mass is 393 g/mol. The molecule has 3 heterocycles. The third-order valence-electron chi connectivity index (χ3n) is 4.41. The van der Waals surface area contributed by atoms with Crippen molar-refractivity contribution in [3.8, 4) is 21.8 Å². The molecule has 0 fully saturated rings. The molecular formula is C20H22F3N3S. The highest BCUT2D eigenvalue weighted by Gasteiger charge is 2.34. The van der Waals surface area contributed by atoms with Crippen molar-refractivity contribution in [3.05, 3.63) is 46.6 Å². The van der Waals surface area contributed by atoms with Crippen molar-refractivity contribution in [3.63, 3.8) is 0 Å². The summed E-state index contributed by atoms with van der Waals surface area (Å²) in [6.07, 6.45) is 1.33. The van der Waals surface area contributed by atoms with Gasteiger partial charge in [-0.05, 0) is 60.5 Å². The van der Waals surface area contributed by atoms with E-state index in [2.05, 4.69) is 33.6 Å². The molecule has 0 saturated heterocycles.